The van der Waals surface area contributed by atoms with E-state index in [1.165, 1.54) is 6.21 Å². The number of unbranched alkanes of at least 4 members (excludes halogenated alkanes) is 1. The highest BCUT2D eigenvalue weighted by atomic mass is 16.5. The summed E-state index contributed by atoms with van der Waals surface area (Å²) in [6.07, 6.45) is 6.93. The van der Waals surface area contributed by atoms with E-state index < -0.39 is 11.6 Å². The molecule has 1 spiro atoms. The second kappa shape index (κ2) is 7.89. The van der Waals surface area contributed by atoms with Gasteiger partial charge in [0.05, 0.1) is 12.8 Å². The topological polar surface area (TPSA) is 71.0 Å². The van der Waals surface area contributed by atoms with Gasteiger partial charge in [0, 0.05) is 0 Å². The van der Waals surface area contributed by atoms with Crippen molar-refractivity contribution in [2.45, 2.75) is 57.9 Å². The molecule has 0 bridgehead atoms. The van der Waals surface area contributed by atoms with Crippen molar-refractivity contribution in [3.8, 4) is 5.75 Å². The summed E-state index contributed by atoms with van der Waals surface area (Å²) >= 11 is 0. The van der Waals surface area contributed by atoms with Crippen molar-refractivity contribution in [3.63, 3.8) is 0 Å². The molecular formula is C20H27N3O3. The number of nitrogens with one attached hydrogen (secondary N) is 1. The number of imide groups is 1. The van der Waals surface area contributed by atoms with Crippen molar-refractivity contribution in [3.05, 3.63) is 29.8 Å². The van der Waals surface area contributed by atoms with Crippen LogP contribution in [0.2, 0.25) is 0 Å². The molecule has 1 aromatic rings. The highest BCUT2D eigenvalue weighted by Crippen LogP contribution is 2.36. The maximum Gasteiger partial charge on any atom is 0.346 e. The van der Waals surface area contributed by atoms with E-state index in [0.29, 0.717) is 25.4 Å². The van der Waals surface area contributed by atoms with E-state index in [-0.39, 0.29) is 5.91 Å². The van der Waals surface area contributed by atoms with Gasteiger partial charge in [-0.15, -0.1) is 5.01 Å². The number of ether oxygens (including phenoxy) is 1. The lowest BCUT2D eigenvalue weighted by atomic mass is 9.77. The largest absolute Gasteiger partial charge is 0.494 e. The van der Waals surface area contributed by atoms with Crippen LogP contribution in [-0.2, 0) is 4.79 Å². The molecule has 2 fully saturated rings. The predicted molar refractivity (Wildman–Crippen MR) is 100 cm³/mol. The first kappa shape index (κ1) is 18.4. The third-order valence-electron chi connectivity index (χ3n) is 5.24. The van der Waals surface area contributed by atoms with Crippen LogP contribution < -0.4 is 10.1 Å². The normalized spacial score (nSPS) is 25.9. The van der Waals surface area contributed by atoms with Crippen LogP contribution in [0.3, 0.4) is 0 Å². The van der Waals surface area contributed by atoms with Crippen LogP contribution in [0.4, 0.5) is 4.79 Å². The zero-order valence-electron chi connectivity index (χ0n) is 15.5. The summed E-state index contributed by atoms with van der Waals surface area (Å²) in [4.78, 5) is 25.0. The van der Waals surface area contributed by atoms with Crippen molar-refractivity contribution in [2.24, 2.45) is 11.0 Å². The average Bonchev–Trinajstić information content (AvgIpc) is 2.87. The molecule has 0 aromatic heterocycles. The Labute approximate surface area is 154 Å². The maximum atomic E-state index is 12.7. The first-order chi connectivity index (χ1) is 12.5. The van der Waals surface area contributed by atoms with Gasteiger partial charge in [0.15, 0.2) is 0 Å². The zero-order valence-corrected chi connectivity index (χ0v) is 15.5. The lowest BCUT2D eigenvalue weighted by Crippen LogP contribution is -2.49. The molecule has 0 unspecified atom stereocenters. The van der Waals surface area contributed by atoms with Crippen molar-refractivity contribution in [1.82, 2.24) is 10.3 Å². The molecule has 1 aliphatic heterocycles. The van der Waals surface area contributed by atoms with E-state index >= 15 is 0 Å². The summed E-state index contributed by atoms with van der Waals surface area (Å²) < 4.78 is 5.62. The first-order valence-electron chi connectivity index (χ1n) is 9.47. The van der Waals surface area contributed by atoms with Gasteiger partial charge < -0.3 is 10.1 Å². The Hall–Kier alpha value is -2.37. The smallest absolute Gasteiger partial charge is 0.346 e. The third-order valence-corrected chi connectivity index (χ3v) is 5.24. The molecule has 1 saturated heterocycles. The van der Waals surface area contributed by atoms with Crippen LogP contribution in [0, 0.1) is 5.92 Å². The monoisotopic (exact) mass is 357 g/mol. The summed E-state index contributed by atoms with van der Waals surface area (Å²) in [6, 6.07) is 7.03. The number of rotatable bonds is 6. The molecule has 1 heterocycles. The second-order valence-corrected chi connectivity index (χ2v) is 7.33. The molecule has 1 N–H and O–H groups in total. The molecule has 1 aliphatic carbocycles. The van der Waals surface area contributed by atoms with E-state index in [1.54, 1.807) is 0 Å². The number of hydrogen-bond donors (Lipinski definition) is 1. The van der Waals surface area contributed by atoms with Crippen LogP contribution in [0.1, 0.15) is 57.9 Å². The molecule has 3 amide bonds. The van der Waals surface area contributed by atoms with E-state index in [4.69, 9.17) is 4.74 Å². The van der Waals surface area contributed by atoms with Crippen LogP contribution in [0.25, 0.3) is 0 Å². The molecular weight excluding hydrogens is 330 g/mol. The number of hydrogen-bond acceptors (Lipinski definition) is 4. The SMILES string of the molecule is CCCCOc1ccc(/C=N/N2C(=O)NC3(CCC(C)CC3)C2=O)cc1. The Balaban J connectivity index is 1.63. The summed E-state index contributed by atoms with van der Waals surface area (Å²) in [5, 5.41) is 7.98. The van der Waals surface area contributed by atoms with Gasteiger partial charge in [-0.25, -0.2) is 4.79 Å². The number of nitrogens with zero attached hydrogens (tertiary/aromatic N) is 2. The van der Waals surface area contributed by atoms with Gasteiger partial charge in [0.2, 0.25) is 0 Å². The van der Waals surface area contributed by atoms with Gasteiger partial charge in [-0.1, -0.05) is 20.3 Å². The molecule has 0 atom stereocenters. The lowest BCUT2D eigenvalue weighted by Gasteiger charge is -2.33. The summed E-state index contributed by atoms with van der Waals surface area (Å²) in [5.41, 5.74) is 0.0596. The van der Waals surface area contributed by atoms with Crippen LogP contribution in [0.15, 0.2) is 29.4 Å². The molecule has 2 aliphatic rings. The van der Waals surface area contributed by atoms with E-state index in [9.17, 15) is 9.59 Å². The van der Waals surface area contributed by atoms with Gasteiger partial charge in [-0.3, -0.25) is 4.79 Å². The number of benzene rings is 1. The minimum atomic E-state index is -0.752. The Morgan fingerprint density at radius 2 is 1.96 bits per heavy atom. The fourth-order valence-corrected chi connectivity index (χ4v) is 3.41. The molecule has 26 heavy (non-hydrogen) atoms. The van der Waals surface area contributed by atoms with Crippen LogP contribution in [-0.4, -0.2) is 35.3 Å². The molecule has 0 radical (unpaired) electrons. The highest BCUT2D eigenvalue weighted by Gasteiger charge is 2.52. The number of carbonyl (C=O) groups excluding carboxylic acids is 2. The first-order valence-corrected chi connectivity index (χ1v) is 9.47. The van der Waals surface area contributed by atoms with Crippen molar-refractivity contribution in [2.75, 3.05) is 6.61 Å². The fraction of sp³-hybridized carbons (Fsp3) is 0.550. The van der Waals surface area contributed by atoms with Gasteiger partial charge in [0.25, 0.3) is 5.91 Å². The average molecular weight is 357 g/mol. The molecule has 3 rings (SSSR count). The zero-order chi connectivity index (χ0) is 18.6. The molecule has 6 heteroatoms. The summed E-state index contributed by atoms with van der Waals surface area (Å²) in [5.74, 6) is 1.17. The number of hydrazone groups is 1. The van der Waals surface area contributed by atoms with Crippen LogP contribution >= 0.6 is 0 Å². The van der Waals surface area contributed by atoms with E-state index in [2.05, 4.69) is 24.3 Å². The standard InChI is InChI=1S/C20H27N3O3/c1-3-4-13-26-17-7-5-16(6-8-17)14-21-23-18(24)20(22-19(23)25)11-9-15(2)10-12-20/h5-8,14-15H,3-4,9-13H2,1-2H3,(H,22,25)/b21-14+. The van der Waals surface area contributed by atoms with Crippen molar-refractivity contribution >= 4 is 18.2 Å². The minimum Gasteiger partial charge on any atom is -0.494 e. The second-order valence-electron chi connectivity index (χ2n) is 7.33. The molecule has 1 saturated carbocycles. The maximum absolute atomic E-state index is 12.7. The molecule has 6 nitrogen and oxygen atoms in total. The number of amides is 3. The highest BCUT2D eigenvalue weighted by molar-refractivity contribution is 6.07. The predicted octanol–water partition coefficient (Wildman–Crippen LogP) is 3.70. The van der Waals surface area contributed by atoms with Gasteiger partial charge in [0.1, 0.15) is 11.3 Å². The fourth-order valence-electron chi connectivity index (χ4n) is 3.41. The minimum absolute atomic E-state index is 0.231. The Morgan fingerprint density at radius 1 is 1.27 bits per heavy atom. The Bertz CT molecular complexity index is 676. The number of carbonyl (C=O) groups is 2. The Morgan fingerprint density at radius 3 is 2.62 bits per heavy atom. The molecule has 1 aromatic carbocycles. The number of urea groups is 1. The summed E-state index contributed by atoms with van der Waals surface area (Å²) in [6.45, 7) is 5.00. The van der Waals surface area contributed by atoms with Gasteiger partial charge >= 0.3 is 6.03 Å². The van der Waals surface area contributed by atoms with Gasteiger partial charge in [-0.05, 0) is 67.9 Å². The molecule has 140 valence electrons. The van der Waals surface area contributed by atoms with Crippen molar-refractivity contribution in [1.29, 1.82) is 0 Å². The summed E-state index contributed by atoms with van der Waals surface area (Å²) in [7, 11) is 0. The van der Waals surface area contributed by atoms with Crippen LogP contribution in [0.5, 0.6) is 5.75 Å². The van der Waals surface area contributed by atoms with E-state index in [1.807, 2.05) is 24.3 Å². The van der Waals surface area contributed by atoms with E-state index in [0.717, 1.165) is 42.0 Å². The Kier molecular flexibility index (Phi) is 5.59. The third kappa shape index (κ3) is 3.89. The quantitative estimate of drug-likeness (QED) is 0.479. The van der Waals surface area contributed by atoms with Gasteiger partial charge in [-0.2, -0.15) is 5.10 Å². The van der Waals surface area contributed by atoms with Crippen molar-refractivity contribution < 1.29 is 14.3 Å². The lowest BCUT2D eigenvalue weighted by molar-refractivity contribution is -0.132.